The molecule has 3 atom stereocenters. The van der Waals surface area contributed by atoms with Crippen molar-refractivity contribution in [1.82, 2.24) is 19.7 Å². The molecule has 0 unspecified atom stereocenters. The molecule has 0 radical (unpaired) electrons. The Morgan fingerprint density at radius 3 is 2.78 bits per heavy atom. The summed E-state index contributed by atoms with van der Waals surface area (Å²) >= 11 is 0. The number of rotatable bonds is 4. The van der Waals surface area contributed by atoms with E-state index in [2.05, 4.69) is 47.4 Å². The van der Waals surface area contributed by atoms with Crippen LogP contribution in [0.25, 0.3) is 22.2 Å². The summed E-state index contributed by atoms with van der Waals surface area (Å²) in [5, 5.41) is 9.48. The third kappa shape index (κ3) is 2.89. The van der Waals surface area contributed by atoms with E-state index in [0.29, 0.717) is 12.0 Å². The summed E-state index contributed by atoms with van der Waals surface area (Å²) in [4.78, 5) is 9.31. The number of benzene rings is 1. The minimum absolute atomic E-state index is 0.427. The largest absolute Gasteiger partial charge is 0.351 e. The third-order valence-electron chi connectivity index (χ3n) is 6.43. The van der Waals surface area contributed by atoms with Gasteiger partial charge in [0, 0.05) is 35.9 Å². The van der Waals surface area contributed by atoms with Crippen LogP contribution in [0.1, 0.15) is 51.1 Å². The highest BCUT2D eigenvalue weighted by molar-refractivity contribution is 5.86. The second-order valence-corrected chi connectivity index (χ2v) is 8.59. The van der Waals surface area contributed by atoms with E-state index in [1.807, 2.05) is 24.0 Å². The average Bonchev–Trinajstić information content (AvgIpc) is 3.34. The Morgan fingerprint density at radius 2 is 2.04 bits per heavy atom. The molecule has 0 amide bonds. The molecule has 3 aromatic rings. The number of hydrogen-bond donors (Lipinski definition) is 1. The van der Waals surface area contributed by atoms with Gasteiger partial charge in [0.25, 0.3) is 0 Å². The maximum atomic E-state index is 4.83. The molecule has 140 valence electrons. The summed E-state index contributed by atoms with van der Waals surface area (Å²) in [6.07, 6.45) is 7.30. The summed E-state index contributed by atoms with van der Waals surface area (Å²) < 4.78 is 2.00. The van der Waals surface area contributed by atoms with E-state index in [1.165, 1.54) is 36.8 Å². The fourth-order valence-corrected chi connectivity index (χ4v) is 5.24. The van der Waals surface area contributed by atoms with E-state index >= 15 is 0 Å². The summed E-state index contributed by atoms with van der Waals surface area (Å²) in [6.45, 7) is 4.43. The van der Waals surface area contributed by atoms with Crippen molar-refractivity contribution in [2.24, 2.45) is 18.9 Å². The molecule has 2 aliphatic carbocycles. The van der Waals surface area contributed by atoms with Crippen LogP contribution < -0.4 is 5.32 Å². The molecule has 0 saturated heterocycles. The lowest BCUT2D eigenvalue weighted by Gasteiger charge is -2.22. The van der Waals surface area contributed by atoms with Crippen LogP contribution in [0.2, 0.25) is 0 Å². The first kappa shape index (κ1) is 16.7. The lowest BCUT2D eigenvalue weighted by Crippen LogP contribution is -2.26. The van der Waals surface area contributed by atoms with Gasteiger partial charge in [-0.2, -0.15) is 5.10 Å². The van der Waals surface area contributed by atoms with Gasteiger partial charge in [-0.05, 0) is 55.2 Å². The van der Waals surface area contributed by atoms with Crippen LogP contribution in [0.4, 0.5) is 5.95 Å². The second-order valence-electron chi connectivity index (χ2n) is 8.59. The van der Waals surface area contributed by atoms with Crippen LogP contribution in [-0.2, 0) is 7.05 Å². The molecule has 5 nitrogen and oxygen atoms in total. The van der Waals surface area contributed by atoms with Gasteiger partial charge in [0.05, 0.1) is 11.2 Å². The molecule has 2 aliphatic rings. The number of nitrogens with one attached hydrogen (secondary N) is 1. The van der Waals surface area contributed by atoms with Crippen molar-refractivity contribution < 1.29 is 0 Å². The molecule has 2 saturated carbocycles. The molecule has 2 heterocycles. The topological polar surface area (TPSA) is 55.6 Å². The van der Waals surface area contributed by atoms with Gasteiger partial charge in [-0.15, -0.1) is 0 Å². The van der Waals surface area contributed by atoms with E-state index in [-0.39, 0.29) is 0 Å². The van der Waals surface area contributed by atoms with Crippen molar-refractivity contribution in [3.63, 3.8) is 0 Å². The Kier molecular flexibility index (Phi) is 3.92. The van der Waals surface area contributed by atoms with Crippen LogP contribution in [0, 0.1) is 11.8 Å². The average molecular weight is 361 g/mol. The zero-order chi connectivity index (χ0) is 18.5. The zero-order valence-electron chi connectivity index (χ0n) is 16.3. The fraction of sp³-hybridized carbons (Fsp3) is 0.500. The Labute approximate surface area is 160 Å². The van der Waals surface area contributed by atoms with Crippen molar-refractivity contribution in [1.29, 1.82) is 0 Å². The Bertz CT molecular complexity index is 990. The SMILES string of the molecule is CC(C)c1c2cc(-c3ccnc(N[C@H]4C[C@@H]5CC[C@@H]4C5)n3)ccc2nn1C. The van der Waals surface area contributed by atoms with Gasteiger partial charge in [0.15, 0.2) is 0 Å². The minimum Gasteiger partial charge on any atom is -0.351 e. The Hall–Kier alpha value is -2.43. The number of fused-ring (bicyclic) bond motifs is 3. The van der Waals surface area contributed by atoms with Gasteiger partial charge in [0.2, 0.25) is 5.95 Å². The van der Waals surface area contributed by atoms with E-state index in [4.69, 9.17) is 4.98 Å². The molecule has 2 aromatic heterocycles. The van der Waals surface area contributed by atoms with Crippen molar-refractivity contribution in [2.45, 2.75) is 51.5 Å². The molecule has 1 N–H and O–H groups in total. The first-order valence-corrected chi connectivity index (χ1v) is 10.1. The van der Waals surface area contributed by atoms with Crippen molar-refractivity contribution >= 4 is 16.9 Å². The summed E-state index contributed by atoms with van der Waals surface area (Å²) in [5.74, 6) is 2.91. The molecule has 2 bridgehead atoms. The van der Waals surface area contributed by atoms with Crippen molar-refractivity contribution in [3.8, 4) is 11.3 Å². The molecule has 1 aromatic carbocycles. The summed E-state index contributed by atoms with van der Waals surface area (Å²) in [7, 11) is 2.02. The predicted octanol–water partition coefficient (Wildman–Crippen LogP) is 4.75. The quantitative estimate of drug-likeness (QED) is 0.728. The Morgan fingerprint density at radius 1 is 1.15 bits per heavy atom. The van der Waals surface area contributed by atoms with E-state index < -0.39 is 0 Å². The number of nitrogens with zero attached hydrogens (tertiary/aromatic N) is 4. The Balaban J connectivity index is 1.46. The summed E-state index contributed by atoms with van der Waals surface area (Å²) in [6, 6.07) is 8.98. The standard InChI is InChI=1S/C22H27N5/c1-13(2)21-17-12-16(6-7-19(17)26-27(21)3)18-8-9-23-22(24-18)25-20-11-14-4-5-15(20)10-14/h6-9,12-15,20H,4-5,10-11H2,1-3H3,(H,23,24,25)/t14-,15-,20+/m1/s1. The highest BCUT2D eigenvalue weighted by Gasteiger charge is 2.39. The van der Waals surface area contributed by atoms with Crippen molar-refractivity contribution in [2.75, 3.05) is 5.32 Å². The summed E-state index contributed by atoms with van der Waals surface area (Å²) in [5.41, 5.74) is 4.40. The highest BCUT2D eigenvalue weighted by Crippen LogP contribution is 2.45. The molecule has 27 heavy (non-hydrogen) atoms. The first-order valence-electron chi connectivity index (χ1n) is 10.1. The normalized spacial score (nSPS) is 24.2. The van der Waals surface area contributed by atoms with E-state index in [9.17, 15) is 0 Å². The van der Waals surface area contributed by atoms with Gasteiger partial charge in [-0.25, -0.2) is 9.97 Å². The van der Waals surface area contributed by atoms with Gasteiger partial charge < -0.3 is 5.32 Å². The monoisotopic (exact) mass is 361 g/mol. The minimum atomic E-state index is 0.427. The van der Waals surface area contributed by atoms with E-state index in [1.54, 1.807) is 0 Å². The molecular formula is C22H27N5. The maximum Gasteiger partial charge on any atom is 0.223 e. The highest BCUT2D eigenvalue weighted by atomic mass is 15.3. The number of aromatic nitrogens is 4. The van der Waals surface area contributed by atoms with Gasteiger partial charge >= 0.3 is 0 Å². The number of hydrogen-bond acceptors (Lipinski definition) is 4. The molecule has 0 spiro atoms. The van der Waals surface area contributed by atoms with Crippen LogP contribution in [0.15, 0.2) is 30.5 Å². The molecular weight excluding hydrogens is 334 g/mol. The van der Waals surface area contributed by atoms with Crippen LogP contribution >= 0.6 is 0 Å². The third-order valence-corrected chi connectivity index (χ3v) is 6.43. The zero-order valence-corrected chi connectivity index (χ0v) is 16.3. The number of aryl methyl sites for hydroxylation is 1. The molecule has 5 heteroatoms. The maximum absolute atomic E-state index is 4.83. The molecule has 2 fully saturated rings. The molecule has 0 aliphatic heterocycles. The lowest BCUT2D eigenvalue weighted by molar-refractivity contribution is 0.438. The van der Waals surface area contributed by atoms with E-state index in [0.717, 1.165) is 34.6 Å². The second kappa shape index (κ2) is 6.32. The number of anilines is 1. The molecule has 5 rings (SSSR count). The fourth-order valence-electron chi connectivity index (χ4n) is 5.24. The first-order chi connectivity index (χ1) is 13.1. The predicted molar refractivity (Wildman–Crippen MR) is 109 cm³/mol. The smallest absolute Gasteiger partial charge is 0.223 e. The van der Waals surface area contributed by atoms with Crippen LogP contribution in [0.3, 0.4) is 0 Å². The lowest BCUT2D eigenvalue weighted by atomic mass is 9.95. The van der Waals surface area contributed by atoms with Gasteiger partial charge in [0.1, 0.15) is 0 Å². The van der Waals surface area contributed by atoms with Gasteiger partial charge in [-0.3, -0.25) is 4.68 Å². The van der Waals surface area contributed by atoms with Crippen LogP contribution in [-0.4, -0.2) is 25.8 Å². The van der Waals surface area contributed by atoms with Gasteiger partial charge in [-0.1, -0.05) is 26.3 Å². The van der Waals surface area contributed by atoms with Crippen LogP contribution in [0.5, 0.6) is 0 Å². The van der Waals surface area contributed by atoms with Crippen molar-refractivity contribution in [3.05, 3.63) is 36.2 Å².